The lowest BCUT2D eigenvalue weighted by Crippen LogP contribution is -2.39. The molecule has 0 saturated heterocycles. The molecule has 0 heterocycles. The molecule has 0 fully saturated rings. The number of benzene rings is 1. The van der Waals surface area contributed by atoms with Crippen molar-refractivity contribution in [1.29, 1.82) is 0 Å². The lowest BCUT2D eigenvalue weighted by Gasteiger charge is -2.24. The SMILES string of the molecule is COC(=O)C(C)(C)Oc1cc(F)cc(C(C)C)c1. The highest BCUT2D eigenvalue weighted by Crippen LogP contribution is 2.25. The van der Waals surface area contributed by atoms with E-state index in [1.807, 2.05) is 13.8 Å². The van der Waals surface area contributed by atoms with E-state index in [4.69, 9.17) is 4.74 Å². The summed E-state index contributed by atoms with van der Waals surface area (Å²) in [5, 5.41) is 0. The first kappa shape index (κ1) is 14.5. The molecule has 1 aromatic rings. The highest BCUT2D eigenvalue weighted by Gasteiger charge is 2.31. The fourth-order valence-electron chi connectivity index (χ4n) is 1.56. The number of carbonyl (C=O) groups excluding carboxylic acids is 1. The number of ether oxygens (including phenoxy) is 2. The van der Waals surface area contributed by atoms with Crippen LogP contribution in [0.5, 0.6) is 5.75 Å². The average molecular weight is 254 g/mol. The van der Waals surface area contributed by atoms with Crippen molar-refractivity contribution >= 4 is 5.97 Å². The maximum absolute atomic E-state index is 13.4. The van der Waals surface area contributed by atoms with Crippen LogP contribution in [0.4, 0.5) is 4.39 Å². The first-order chi connectivity index (χ1) is 8.26. The number of esters is 1. The van der Waals surface area contributed by atoms with Gasteiger partial charge in [-0.1, -0.05) is 13.8 Å². The summed E-state index contributed by atoms with van der Waals surface area (Å²) in [6, 6.07) is 4.46. The van der Waals surface area contributed by atoms with Gasteiger partial charge in [-0.25, -0.2) is 9.18 Å². The van der Waals surface area contributed by atoms with E-state index in [-0.39, 0.29) is 11.7 Å². The number of hydrogen-bond acceptors (Lipinski definition) is 3. The smallest absolute Gasteiger partial charge is 0.349 e. The Kier molecular flexibility index (Phi) is 4.33. The molecule has 100 valence electrons. The van der Waals surface area contributed by atoms with Gasteiger partial charge in [0, 0.05) is 6.07 Å². The molecule has 0 spiro atoms. The third-order valence-electron chi connectivity index (χ3n) is 2.61. The van der Waals surface area contributed by atoms with E-state index in [2.05, 4.69) is 4.74 Å². The molecule has 0 radical (unpaired) electrons. The fourth-order valence-corrected chi connectivity index (χ4v) is 1.56. The van der Waals surface area contributed by atoms with E-state index >= 15 is 0 Å². The van der Waals surface area contributed by atoms with E-state index in [0.29, 0.717) is 5.75 Å². The van der Waals surface area contributed by atoms with Crippen molar-refractivity contribution in [2.75, 3.05) is 7.11 Å². The molecule has 1 rings (SSSR count). The minimum Gasteiger partial charge on any atom is -0.476 e. The van der Waals surface area contributed by atoms with Crippen LogP contribution in [0.3, 0.4) is 0 Å². The molecule has 0 unspecified atom stereocenters. The van der Waals surface area contributed by atoms with E-state index < -0.39 is 11.6 Å². The van der Waals surface area contributed by atoms with Crippen molar-refractivity contribution in [1.82, 2.24) is 0 Å². The molecule has 0 aliphatic rings. The fraction of sp³-hybridized carbons (Fsp3) is 0.500. The zero-order valence-electron chi connectivity index (χ0n) is 11.4. The molecule has 3 nitrogen and oxygen atoms in total. The van der Waals surface area contributed by atoms with E-state index in [0.717, 1.165) is 5.56 Å². The van der Waals surface area contributed by atoms with Crippen molar-refractivity contribution in [2.24, 2.45) is 0 Å². The van der Waals surface area contributed by atoms with Gasteiger partial charge in [-0.2, -0.15) is 0 Å². The van der Waals surface area contributed by atoms with Crippen LogP contribution >= 0.6 is 0 Å². The summed E-state index contributed by atoms with van der Waals surface area (Å²) in [4.78, 5) is 11.5. The van der Waals surface area contributed by atoms with Crippen LogP contribution in [0.1, 0.15) is 39.2 Å². The minimum absolute atomic E-state index is 0.185. The first-order valence-corrected chi connectivity index (χ1v) is 5.84. The summed E-state index contributed by atoms with van der Waals surface area (Å²) in [6.45, 7) is 7.09. The van der Waals surface area contributed by atoms with Crippen LogP contribution in [0.2, 0.25) is 0 Å². The van der Waals surface area contributed by atoms with Gasteiger partial charge in [0.05, 0.1) is 7.11 Å². The Hall–Kier alpha value is -1.58. The highest BCUT2D eigenvalue weighted by atomic mass is 19.1. The Morgan fingerprint density at radius 1 is 1.28 bits per heavy atom. The molecule has 0 N–H and O–H groups in total. The first-order valence-electron chi connectivity index (χ1n) is 5.84. The molecule has 18 heavy (non-hydrogen) atoms. The van der Waals surface area contributed by atoms with Crippen molar-refractivity contribution in [3.63, 3.8) is 0 Å². The average Bonchev–Trinajstić information content (AvgIpc) is 2.26. The van der Waals surface area contributed by atoms with Crippen LogP contribution < -0.4 is 4.74 Å². The molecule has 0 aromatic heterocycles. The van der Waals surface area contributed by atoms with E-state index in [1.54, 1.807) is 19.9 Å². The monoisotopic (exact) mass is 254 g/mol. The molecule has 0 atom stereocenters. The number of carbonyl (C=O) groups is 1. The third-order valence-corrected chi connectivity index (χ3v) is 2.61. The van der Waals surface area contributed by atoms with Crippen molar-refractivity contribution in [3.05, 3.63) is 29.6 Å². The van der Waals surface area contributed by atoms with Gasteiger partial charge in [-0.3, -0.25) is 0 Å². The summed E-state index contributed by atoms with van der Waals surface area (Å²) in [5.41, 5.74) is -0.317. The minimum atomic E-state index is -1.14. The zero-order chi connectivity index (χ0) is 13.9. The Balaban J connectivity index is 3.01. The molecule has 0 amide bonds. The second-order valence-electron chi connectivity index (χ2n) is 4.98. The number of rotatable bonds is 4. The van der Waals surface area contributed by atoms with Crippen LogP contribution in [-0.2, 0) is 9.53 Å². The van der Waals surface area contributed by atoms with Crippen molar-refractivity contribution < 1.29 is 18.7 Å². The molecule has 0 aliphatic carbocycles. The molecule has 0 saturated carbocycles. The summed E-state index contributed by atoms with van der Waals surface area (Å²) in [7, 11) is 1.29. The summed E-state index contributed by atoms with van der Waals surface area (Å²) in [5.74, 6) is -0.367. The van der Waals surface area contributed by atoms with Gasteiger partial charge in [0.2, 0.25) is 0 Å². The third kappa shape index (κ3) is 3.45. The highest BCUT2D eigenvalue weighted by molar-refractivity contribution is 5.78. The number of hydrogen-bond donors (Lipinski definition) is 0. The summed E-state index contributed by atoms with van der Waals surface area (Å²) >= 11 is 0. The maximum Gasteiger partial charge on any atom is 0.349 e. The molecule has 0 aliphatic heterocycles. The molecule has 1 aromatic carbocycles. The standard InChI is InChI=1S/C14H19FO3/c1-9(2)10-6-11(15)8-12(7-10)18-14(3,4)13(16)17-5/h6-9H,1-5H3. The van der Waals surface area contributed by atoms with E-state index in [9.17, 15) is 9.18 Å². The van der Waals surface area contributed by atoms with Crippen molar-refractivity contribution in [3.8, 4) is 5.75 Å². The van der Waals surface area contributed by atoms with Gasteiger partial charge in [0.25, 0.3) is 0 Å². The molecular weight excluding hydrogens is 235 g/mol. The second-order valence-corrected chi connectivity index (χ2v) is 4.98. The predicted octanol–water partition coefficient (Wildman–Crippen LogP) is 3.28. The van der Waals surface area contributed by atoms with Gasteiger partial charge in [0.1, 0.15) is 11.6 Å². The van der Waals surface area contributed by atoms with Crippen LogP contribution in [0, 0.1) is 5.82 Å². The number of halogens is 1. The predicted molar refractivity (Wildman–Crippen MR) is 67.2 cm³/mol. The summed E-state index contributed by atoms with van der Waals surface area (Å²) < 4.78 is 23.6. The second kappa shape index (κ2) is 5.38. The van der Waals surface area contributed by atoms with Crippen LogP contribution in [0.15, 0.2) is 18.2 Å². The van der Waals surface area contributed by atoms with Crippen LogP contribution in [-0.4, -0.2) is 18.7 Å². The van der Waals surface area contributed by atoms with Crippen LogP contribution in [0.25, 0.3) is 0 Å². The maximum atomic E-state index is 13.4. The topological polar surface area (TPSA) is 35.5 Å². The molecular formula is C14H19FO3. The Labute approximate surface area is 107 Å². The zero-order valence-corrected chi connectivity index (χ0v) is 11.4. The van der Waals surface area contributed by atoms with Crippen molar-refractivity contribution in [2.45, 2.75) is 39.2 Å². The Morgan fingerprint density at radius 2 is 1.89 bits per heavy atom. The Bertz CT molecular complexity index is 439. The number of methoxy groups -OCH3 is 1. The quantitative estimate of drug-likeness (QED) is 0.773. The molecule has 4 heteroatoms. The van der Waals surface area contributed by atoms with Gasteiger partial charge >= 0.3 is 5.97 Å². The van der Waals surface area contributed by atoms with Gasteiger partial charge in [0.15, 0.2) is 5.60 Å². The van der Waals surface area contributed by atoms with E-state index in [1.165, 1.54) is 19.2 Å². The molecule has 0 bridgehead atoms. The van der Waals surface area contributed by atoms with Gasteiger partial charge in [-0.05, 0) is 37.5 Å². The normalized spacial score (nSPS) is 11.5. The largest absolute Gasteiger partial charge is 0.476 e. The Morgan fingerprint density at radius 3 is 2.39 bits per heavy atom. The lowest BCUT2D eigenvalue weighted by atomic mass is 10.0. The summed E-state index contributed by atoms with van der Waals surface area (Å²) in [6.07, 6.45) is 0. The lowest BCUT2D eigenvalue weighted by molar-refractivity contribution is -0.156. The van der Waals surface area contributed by atoms with Gasteiger partial charge in [-0.15, -0.1) is 0 Å². The van der Waals surface area contributed by atoms with Gasteiger partial charge < -0.3 is 9.47 Å².